The number of carbonyl (C=O) groups is 2. The molecule has 1 aromatic carbocycles. The minimum absolute atomic E-state index is 0.0757. The number of rotatable bonds is 8. The van der Waals surface area contributed by atoms with E-state index in [0.717, 1.165) is 18.2 Å². The summed E-state index contributed by atoms with van der Waals surface area (Å²) < 4.78 is 60.3. The van der Waals surface area contributed by atoms with Crippen LogP contribution in [0.15, 0.2) is 33.4 Å². The lowest BCUT2D eigenvalue weighted by atomic mass is 10.1. The number of aliphatic hydroxyl groups is 1. The van der Waals surface area contributed by atoms with Gasteiger partial charge >= 0.3 is 6.61 Å². The number of amides is 2. The van der Waals surface area contributed by atoms with Gasteiger partial charge in [-0.15, -0.1) is 11.3 Å². The molecular formula is C17H18F2N2O7S2. The zero-order valence-corrected chi connectivity index (χ0v) is 17.6. The highest BCUT2D eigenvalue weighted by Crippen LogP contribution is 2.39. The number of anilines is 1. The maximum absolute atomic E-state index is 13.0. The number of hydrogen-bond donors (Lipinski definition) is 3. The first-order valence-electron chi connectivity index (χ1n) is 8.12. The first-order chi connectivity index (χ1) is 13.8. The Morgan fingerprint density at radius 3 is 2.40 bits per heavy atom. The van der Waals surface area contributed by atoms with Crippen molar-refractivity contribution in [3.05, 3.63) is 29.8 Å². The third kappa shape index (κ3) is 5.04. The van der Waals surface area contributed by atoms with Crippen LogP contribution in [0.4, 0.5) is 13.8 Å². The second kappa shape index (κ2) is 8.53. The number of benzene rings is 1. The van der Waals surface area contributed by atoms with Gasteiger partial charge in [-0.1, -0.05) is 0 Å². The van der Waals surface area contributed by atoms with Crippen molar-refractivity contribution in [3.63, 3.8) is 0 Å². The Kier molecular flexibility index (Phi) is 6.69. The maximum atomic E-state index is 13.0. The molecule has 0 spiro atoms. The molecule has 0 atom stereocenters. The van der Waals surface area contributed by atoms with Crippen molar-refractivity contribution in [1.29, 1.82) is 0 Å². The van der Waals surface area contributed by atoms with Crippen molar-refractivity contribution in [1.82, 2.24) is 0 Å². The summed E-state index contributed by atoms with van der Waals surface area (Å²) in [6, 6.07) is 4.10. The molecule has 0 aliphatic carbocycles. The Labute approximate surface area is 174 Å². The van der Waals surface area contributed by atoms with Gasteiger partial charge in [0, 0.05) is 6.07 Å². The zero-order chi connectivity index (χ0) is 22.9. The van der Waals surface area contributed by atoms with Gasteiger partial charge in [0.2, 0.25) is 9.84 Å². The van der Waals surface area contributed by atoms with Crippen LogP contribution in [0, 0.1) is 0 Å². The molecule has 4 N–H and O–H groups in total. The van der Waals surface area contributed by atoms with E-state index in [1.165, 1.54) is 27.0 Å². The van der Waals surface area contributed by atoms with E-state index < -0.39 is 48.7 Å². The molecule has 1 heterocycles. The third-order valence-electron chi connectivity index (χ3n) is 3.68. The molecule has 0 aliphatic rings. The molecule has 0 radical (unpaired) electrons. The summed E-state index contributed by atoms with van der Waals surface area (Å²) in [5.41, 5.74) is 3.09. The number of nitrogens with one attached hydrogen (secondary N) is 1. The van der Waals surface area contributed by atoms with E-state index in [2.05, 4.69) is 10.1 Å². The molecule has 0 fully saturated rings. The molecule has 0 saturated heterocycles. The Morgan fingerprint density at radius 2 is 1.90 bits per heavy atom. The van der Waals surface area contributed by atoms with Gasteiger partial charge in [-0.25, -0.2) is 8.42 Å². The van der Waals surface area contributed by atoms with Crippen LogP contribution in [-0.4, -0.2) is 44.7 Å². The van der Waals surface area contributed by atoms with Crippen LogP contribution < -0.4 is 20.5 Å². The predicted octanol–water partition coefficient (Wildman–Crippen LogP) is 2.00. The van der Waals surface area contributed by atoms with Crippen molar-refractivity contribution in [2.45, 2.75) is 35.2 Å². The Bertz CT molecular complexity index is 1080. The first kappa shape index (κ1) is 23.5. The molecule has 2 aromatic rings. The molecule has 9 nitrogen and oxygen atoms in total. The first-order valence-corrected chi connectivity index (χ1v) is 10.4. The lowest BCUT2D eigenvalue weighted by Crippen LogP contribution is -2.36. The highest BCUT2D eigenvalue weighted by Gasteiger charge is 2.31. The minimum Gasteiger partial charge on any atom is -0.497 e. The van der Waals surface area contributed by atoms with Gasteiger partial charge in [0.05, 0.1) is 12.7 Å². The summed E-state index contributed by atoms with van der Waals surface area (Å²) in [4.78, 5) is 23.1. The van der Waals surface area contributed by atoms with Crippen LogP contribution >= 0.6 is 11.3 Å². The van der Waals surface area contributed by atoms with Crippen LogP contribution in [0.3, 0.4) is 0 Å². The van der Waals surface area contributed by atoms with Crippen LogP contribution in [0.2, 0.25) is 0 Å². The average molecular weight is 464 g/mol. The van der Waals surface area contributed by atoms with Crippen LogP contribution in [0.5, 0.6) is 11.5 Å². The Morgan fingerprint density at radius 1 is 1.27 bits per heavy atom. The molecule has 13 heteroatoms. The molecule has 0 bridgehead atoms. The fraction of sp³-hybridized carbons (Fsp3) is 0.294. The van der Waals surface area contributed by atoms with Crippen molar-refractivity contribution in [2.75, 3.05) is 12.4 Å². The molecule has 30 heavy (non-hydrogen) atoms. The van der Waals surface area contributed by atoms with E-state index in [1.807, 2.05) is 0 Å². The number of methoxy groups -OCH3 is 1. The maximum Gasteiger partial charge on any atom is 0.387 e. The van der Waals surface area contributed by atoms with Crippen LogP contribution in [0.25, 0.3) is 0 Å². The fourth-order valence-electron chi connectivity index (χ4n) is 2.17. The van der Waals surface area contributed by atoms with Crippen LogP contribution in [0.1, 0.15) is 24.2 Å². The van der Waals surface area contributed by atoms with E-state index in [-0.39, 0.29) is 16.3 Å². The summed E-state index contributed by atoms with van der Waals surface area (Å²) in [6.07, 6.45) is 0. The summed E-state index contributed by atoms with van der Waals surface area (Å²) in [7, 11) is -3.21. The lowest BCUT2D eigenvalue weighted by molar-refractivity contribution is -0.130. The van der Waals surface area contributed by atoms with Crippen molar-refractivity contribution in [3.8, 4) is 11.5 Å². The normalized spacial score (nSPS) is 12.0. The van der Waals surface area contributed by atoms with Gasteiger partial charge in [-0.3, -0.25) is 9.59 Å². The van der Waals surface area contributed by atoms with E-state index >= 15 is 0 Å². The number of carbonyl (C=O) groups excluding carboxylic acids is 2. The van der Waals surface area contributed by atoms with Gasteiger partial charge < -0.3 is 25.6 Å². The minimum atomic E-state index is -4.46. The number of alkyl halides is 2. The number of ether oxygens (including phenoxy) is 2. The second-order valence-corrected chi connectivity index (χ2v) is 9.58. The number of primary amides is 1. The average Bonchev–Trinajstić information content (AvgIpc) is 3.05. The molecule has 0 saturated carbocycles. The molecule has 164 valence electrons. The van der Waals surface area contributed by atoms with E-state index in [4.69, 9.17) is 10.5 Å². The van der Waals surface area contributed by atoms with E-state index in [1.54, 1.807) is 0 Å². The van der Waals surface area contributed by atoms with Gasteiger partial charge in [-0.05, 0) is 32.0 Å². The summed E-state index contributed by atoms with van der Waals surface area (Å²) >= 11 is 0.465. The monoisotopic (exact) mass is 464 g/mol. The number of halogens is 2. The zero-order valence-electron chi connectivity index (χ0n) is 15.9. The molecule has 2 amide bonds. The van der Waals surface area contributed by atoms with Gasteiger partial charge in [0.15, 0.2) is 0 Å². The van der Waals surface area contributed by atoms with E-state index in [9.17, 15) is 31.9 Å². The number of thiophene rings is 1. The fourth-order valence-corrected chi connectivity index (χ4v) is 5.02. The molecule has 0 aliphatic heterocycles. The molecular weight excluding hydrogens is 446 g/mol. The SMILES string of the molecule is COc1ccc(S(=O)(=O)c2cc(C(N)=O)c(NC(=O)C(C)(C)O)s2)c(OC(F)F)c1. The molecule has 0 unspecified atom stereocenters. The Hall–Kier alpha value is -2.77. The molecule has 1 aromatic heterocycles. The number of nitrogens with two attached hydrogens (primary N) is 1. The van der Waals surface area contributed by atoms with Gasteiger partial charge in [-0.2, -0.15) is 8.78 Å². The predicted molar refractivity (Wildman–Crippen MR) is 103 cm³/mol. The van der Waals surface area contributed by atoms with Crippen molar-refractivity contribution >= 4 is 38.0 Å². The highest BCUT2D eigenvalue weighted by molar-refractivity contribution is 7.93. The smallest absolute Gasteiger partial charge is 0.387 e. The summed E-state index contributed by atoms with van der Waals surface area (Å²) in [5, 5.41) is 11.8. The Balaban J connectivity index is 2.59. The quantitative estimate of drug-likeness (QED) is 0.542. The number of sulfone groups is 1. The van der Waals surface area contributed by atoms with Crippen molar-refractivity contribution in [2.24, 2.45) is 5.73 Å². The summed E-state index contributed by atoms with van der Waals surface area (Å²) in [5.74, 6) is -2.55. The van der Waals surface area contributed by atoms with E-state index in [0.29, 0.717) is 11.3 Å². The third-order valence-corrected chi connectivity index (χ3v) is 7.00. The van der Waals surface area contributed by atoms with Gasteiger partial charge in [0.1, 0.15) is 31.2 Å². The molecule has 2 rings (SSSR count). The lowest BCUT2D eigenvalue weighted by Gasteiger charge is -2.16. The second-order valence-electron chi connectivity index (χ2n) is 6.38. The number of hydrogen-bond acceptors (Lipinski definition) is 8. The topological polar surface area (TPSA) is 145 Å². The van der Waals surface area contributed by atoms with Gasteiger partial charge in [0.25, 0.3) is 11.8 Å². The largest absolute Gasteiger partial charge is 0.497 e. The van der Waals surface area contributed by atoms with Crippen LogP contribution in [-0.2, 0) is 14.6 Å². The van der Waals surface area contributed by atoms with Crippen molar-refractivity contribution < 1.29 is 41.4 Å². The summed E-state index contributed by atoms with van der Waals surface area (Å²) in [6.45, 7) is -0.941. The standard InChI is InChI=1S/C17H18F2N2O7S2/c1-17(2,24)15(23)21-14-9(13(20)22)7-12(29-14)30(25,26)11-5-4-8(27-3)6-10(11)28-16(18)19/h4-7,16,24H,1-3H3,(H2,20,22)(H,21,23). The highest BCUT2D eigenvalue weighted by atomic mass is 32.2.